The van der Waals surface area contributed by atoms with Gasteiger partial charge in [-0.3, -0.25) is 0 Å². The molecule has 2 aromatic rings. The smallest absolute Gasteiger partial charge is 0.131 e. The Hall–Kier alpha value is -2.54. The van der Waals surface area contributed by atoms with Crippen molar-refractivity contribution in [1.82, 2.24) is 0 Å². The fourth-order valence-corrected chi connectivity index (χ4v) is 1.44. The Labute approximate surface area is 104 Å². The molecule has 0 aliphatic heterocycles. The number of nitriles is 1. The minimum absolute atomic E-state index is 0.0717. The molecular formula is C14H10FNO2. The van der Waals surface area contributed by atoms with Gasteiger partial charge in [-0.15, -0.1) is 0 Å². The zero-order valence-corrected chi connectivity index (χ0v) is 9.43. The maximum atomic E-state index is 13.5. The van der Waals surface area contributed by atoms with Crippen LogP contribution >= 0.6 is 0 Å². The fourth-order valence-electron chi connectivity index (χ4n) is 1.44. The van der Waals surface area contributed by atoms with E-state index in [1.807, 2.05) is 6.07 Å². The van der Waals surface area contributed by atoms with Gasteiger partial charge in [0.15, 0.2) is 0 Å². The molecule has 0 fully saturated rings. The summed E-state index contributed by atoms with van der Waals surface area (Å²) in [5.74, 6) is 0.219. The molecule has 4 heteroatoms. The summed E-state index contributed by atoms with van der Waals surface area (Å²) in [6.07, 6.45) is 0. The Kier molecular flexibility index (Phi) is 3.44. The monoisotopic (exact) mass is 243 g/mol. The first-order valence-electron chi connectivity index (χ1n) is 5.29. The largest absolute Gasteiger partial charge is 0.508 e. The van der Waals surface area contributed by atoms with Crippen molar-refractivity contribution in [2.45, 2.75) is 6.61 Å². The number of rotatable bonds is 3. The second-order valence-electron chi connectivity index (χ2n) is 3.70. The van der Waals surface area contributed by atoms with Gasteiger partial charge in [-0.05, 0) is 36.4 Å². The van der Waals surface area contributed by atoms with Gasteiger partial charge < -0.3 is 9.84 Å². The van der Waals surface area contributed by atoms with Crippen LogP contribution < -0.4 is 4.74 Å². The van der Waals surface area contributed by atoms with Gasteiger partial charge in [-0.25, -0.2) is 4.39 Å². The molecule has 0 aliphatic rings. The van der Waals surface area contributed by atoms with E-state index in [0.717, 1.165) is 0 Å². The molecule has 0 bridgehead atoms. The van der Waals surface area contributed by atoms with Gasteiger partial charge in [-0.1, -0.05) is 6.07 Å². The quantitative estimate of drug-likeness (QED) is 0.901. The van der Waals surface area contributed by atoms with Crippen LogP contribution in [0, 0.1) is 17.1 Å². The lowest BCUT2D eigenvalue weighted by molar-refractivity contribution is 0.299. The number of nitrogens with zero attached hydrogens (tertiary/aromatic N) is 1. The molecule has 0 saturated heterocycles. The summed E-state index contributed by atoms with van der Waals surface area (Å²) in [6.45, 7) is 0.0717. The van der Waals surface area contributed by atoms with Gasteiger partial charge in [0.05, 0.1) is 11.6 Å². The first-order valence-corrected chi connectivity index (χ1v) is 5.29. The third-order valence-electron chi connectivity index (χ3n) is 2.41. The van der Waals surface area contributed by atoms with E-state index < -0.39 is 5.82 Å². The van der Waals surface area contributed by atoms with Crippen LogP contribution in [0.2, 0.25) is 0 Å². The minimum Gasteiger partial charge on any atom is -0.508 e. The SMILES string of the molecule is N#Cc1ccc(COc2ccc(O)cc2)c(F)c1. The Morgan fingerprint density at radius 1 is 1.17 bits per heavy atom. The van der Waals surface area contributed by atoms with E-state index in [4.69, 9.17) is 15.1 Å². The number of ether oxygens (including phenoxy) is 1. The summed E-state index contributed by atoms with van der Waals surface area (Å²) >= 11 is 0. The van der Waals surface area contributed by atoms with E-state index in [1.165, 1.54) is 24.3 Å². The number of benzene rings is 2. The van der Waals surface area contributed by atoms with Crippen LogP contribution in [-0.4, -0.2) is 5.11 Å². The van der Waals surface area contributed by atoms with Crippen molar-refractivity contribution in [3.05, 3.63) is 59.4 Å². The predicted molar refractivity (Wildman–Crippen MR) is 63.6 cm³/mol. The predicted octanol–water partition coefficient (Wildman–Crippen LogP) is 2.98. The topological polar surface area (TPSA) is 53.2 Å². The number of hydrogen-bond acceptors (Lipinski definition) is 3. The van der Waals surface area contributed by atoms with Gasteiger partial charge in [0.25, 0.3) is 0 Å². The molecule has 0 atom stereocenters. The summed E-state index contributed by atoms with van der Waals surface area (Å²) in [5.41, 5.74) is 0.656. The standard InChI is InChI=1S/C14H10FNO2/c15-14-7-10(8-16)1-2-11(14)9-18-13-5-3-12(17)4-6-13/h1-7,17H,9H2. The molecular weight excluding hydrogens is 233 g/mol. The molecule has 2 rings (SSSR count). The van der Waals surface area contributed by atoms with Crippen molar-refractivity contribution in [2.75, 3.05) is 0 Å². The third kappa shape index (κ3) is 2.77. The average molecular weight is 243 g/mol. The van der Waals surface area contributed by atoms with Crippen LogP contribution in [0.1, 0.15) is 11.1 Å². The van der Waals surface area contributed by atoms with Crippen molar-refractivity contribution >= 4 is 0 Å². The average Bonchev–Trinajstić information content (AvgIpc) is 2.39. The maximum absolute atomic E-state index is 13.5. The third-order valence-corrected chi connectivity index (χ3v) is 2.41. The Morgan fingerprint density at radius 3 is 2.50 bits per heavy atom. The van der Waals surface area contributed by atoms with E-state index in [0.29, 0.717) is 11.3 Å². The first kappa shape index (κ1) is 11.9. The van der Waals surface area contributed by atoms with Gasteiger partial charge in [0, 0.05) is 5.56 Å². The van der Waals surface area contributed by atoms with Crippen LogP contribution in [0.25, 0.3) is 0 Å². The number of hydrogen-bond donors (Lipinski definition) is 1. The Morgan fingerprint density at radius 2 is 1.89 bits per heavy atom. The summed E-state index contributed by atoms with van der Waals surface area (Å²) in [5, 5.41) is 17.7. The summed E-state index contributed by atoms with van der Waals surface area (Å²) in [6, 6.07) is 12.3. The van der Waals surface area contributed by atoms with Crippen molar-refractivity contribution in [3.63, 3.8) is 0 Å². The molecule has 0 radical (unpaired) electrons. The second-order valence-corrected chi connectivity index (χ2v) is 3.70. The summed E-state index contributed by atoms with van der Waals surface area (Å²) in [4.78, 5) is 0. The summed E-state index contributed by atoms with van der Waals surface area (Å²) < 4.78 is 18.9. The highest BCUT2D eigenvalue weighted by Gasteiger charge is 2.04. The van der Waals surface area contributed by atoms with Crippen LogP contribution in [-0.2, 0) is 6.61 Å². The first-order chi connectivity index (χ1) is 8.69. The number of phenolic OH excluding ortho intramolecular Hbond substituents is 1. The van der Waals surface area contributed by atoms with Crippen LogP contribution in [0.5, 0.6) is 11.5 Å². The highest BCUT2D eigenvalue weighted by molar-refractivity contribution is 5.33. The van der Waals surface area contributed by atoms with Crippen LogP contribution in [0.3, 0.4) is 0 Å². The maximum Gasteiger partial charge on any atom is 0.131 e. The fraction of sp³-hybridized carbons (Fsp3) is 0.0714. The zero-order valence-electron chi connectivity index (χ0n) is 9.43. The Balaban J connectivity index is 2.06. The molecule has 3 nitrogen and oxygen atoms in total. The van der Waals surface area contributed by atoms with Crippen molar-refractivity contribution in [3.8, 4) is 17.6 Å². The Bertz CT molecular complexity index is 588. The van der Waals surface area contributed by atoms with E-state index in [-0.39, 0.29) is 17.9 Å². The molecule has 0 saturated carbocycles. The highest BCUT2D eigenvalue weighted by atomic mass is 19.1. The van der Waals surface area contributed by atoms with Gasteiger partial charge in [0.2, 0.25) is 0 Å². The lowest BCUT2D eigenvalue weighted by Gasteiger charge is -2.07. The normalized spacial score (nSPS) is 9.78. The van der Waals surface area contributed by atoms with E-state index in [2.05, 4.69) is 0 Å². The molecule has 0 aliphatic carbocycles. The highest BCUT2D eigenvalue weighted by Crippen LogP contribution is 2.18. The van der Waals surface area contributed by atoms with Crippen LogP contribution in [0.4, 0.5) is 4.39 Å². The van der Waals surface area contributed by atoms with Gasteiger partial charge in [0.1, 0.15) is 23.9 Å². The van der Waals surface area contributed by atoms with Gasteiger partial charge >= 0.3 is 0 Å². The lowest BCUT2D eigenvalue weighted by Crippen LogP contribution is -1.98. The van der Waals surface area contributed by atoms with Crippen molar-refractivity contribution in [1.29, 1.82) is 5.26 Å². The van der Waals surface area contributed by atoms with Gasteiger partial charge in [-0.2, -0.15) is 5.26 Å². The van der Waals surface area contributed by atoms with Crippen molar-refractivity contribution in [2.24, 2.45) is 0 Å². The minimum atomic E-state index is -0.465. The number of halogens is 1. The van der Waals surface area contributed by atoms with E-state index >= 15 is 0 Å². The molecule has 1 N–H and O–H groups in total. The molecule has 0 amide bonds. The molecule has 0 unspecified atom stereocenters. The van der Waals surface area contributed by atoms with Crippen LogP contribution in [0.15, 0.2) is 42.5 Å². The molecule has 0 heterocycles. The number of phenols is 1. The molecule has 90 valence electrons. The molecule has 2 aromatic carbocycles. The van der Waals surface area contributed by atoms with E-state index in [1.54, 1.807) is 18.2 Å². The molecule has 0 aromatic heterocycles. The molecule has 0 spiro atoms. The van der Waals surface area contributed by atoms with E-state index in [9.17, 15) is 4.39 Å². The van der Waals surface area contributed by atoms with Crippen molar-refractivity contribution < 1.29 is 14.2 Å². The lowest BCUT2D eigenvalue weighted by atomic mass is 10.1. The zero-order chi connectivity index (χ0) is 13.0. The molecule has 18 heavy (non-hydrogen) atoms. The number of aromatic hydroxyl groups is 1. The summed E-state index contributed by atoms with van der Waals surface area (Å²) in [7, 11) is 0. The second kappa shape index (κ2) is 5.19.